The lowest BCUT2D eigenvalue weighted by Gasteiger charge is -2.31. The molecule has 0 unspecified atom stereocenters. The maximum absolute atomic E-state index is 12.6. The zero-order valence-electron chi connectivity index (χ0n) is 23.7. The third-order valence-corrected chi connectivity index (χ3v) is 7.20. The quantitative estimate of drug-likeness (QED) is 0.185. The lowest BCUT2D eigenvalue weighted by molar-refractivity contribution is -0.121. The number of piperidine rings is 1. The monoisotopic (exact) mass is 570 g/mol. The Balaban J connectivity index is 1.06. The minimum absolute atomic E-state index is 0.00967. The predicted octanol–water partition coefficient (Wildman–Crippen LogP) is 5.49. The van der Waals surface area contributed by atoms with Crippen molar-refractivity contribution < 1.29 is 23.9 Å². The van der Waals surface area contributed by atoms with Crippen molar-refractivity contribution in [3.05, 3.63) is 84.4 Å². The Kier molecular flexibility index (Phi) is 11.7. The van der Waals surface area contributed by atoms with Gasteiger partial charge in [-0.25, -0.2) is 4.79 Å². The van der Waals surface area contributed by atoms with E-state index in [-0.39, 0.29) is 17.9 Å². The fourth-order valence-corrected chi connectivity index (χ4v) is 4.86. The first kappa shape index (κ1) is 30.5. The average Bonchev–Trinajstić information content (AvgIpc) is 3.01. The summed E-state index contributed by atoms with van der Waals surface area (Å²) in [4.78, 5) is 49.9. The first-order valence-electron chi connectivity index (χ1n) is 14.5. The zero-order valence-corrected chi connectivity index (χ0v) is 23.7. The summed E-state index contributed by atoms with van der Waals surface area (Å²) in [5, 5.41) is 8.62. The molecule has 0 radical (unpaired) electrons. The minimum Gasteiger partial charge on any atom is -0.446 e. The normalized spacial score (nSPS) is 13.6. The number of rotatable bonds is 13. The molecule has 4 rings (SSSR count). The van der Waals surface area contributed by atoms with Gasteiger partial charge in [0, 0.05) is 55.8 Å². The third-order valence-electron chi connectivity index (χ3n) is 7.20. The van der Waals surface area contributed by atoms with E-state index in [9.17, 15) is 19.2 Å². The molecular formula is C33H38N4O5. The molecular weight excluding hydrogens is 532 g/mol. The number of nitrogens with zero attached hydrogens (tertiary/aromatic N) is 1. The Morgan fingerprint density at radius 3 is 2.26 bits per heavy atom. The number of ether oxygens (including phenoxy) is 1. The fraction of sp³-hybridized carbons (Fsp3) is 0.333. The van der Waals surface area contributed by atoms with Gasteiger partial charge in [0.25, 0.3) is 0 Å². The largest absolute Gasteiger partial charge is 0.446 e. The molecule has 220 valence electrons. The van der Waals surface area contributed by atoms with E-state index in [2.05, 4.69) is 20.9 Å². The Hall–Kier alpha value is -4.50. The van der Waals surface area contributed by atoms with Gasteiger partial charge >= 0.3 is 6.09 Å². The van der Waals surface area contributed by atoms with Crippen LogP contribution in [-0.2, 0) is 14.3 Å². The summed E-state index contributed by atoms with van der Waals surface area (Å²) < 4.78 is 5.70. The first-order valence-corrected chi connectivity index (χ1v) is 14.5. The molecule has 3 aromatic carbocycles. The van der Waals surface area contributed by atoms with Crippen molar-refractivity contribution >= 4 is 35.6 Å². The lowest BCUT2D eigenvalue weighted by Crippen LogP contribution is -2.40. The maximum Gasteiger partial charge on any atom is 0.411 e. The van der Waals surface area contributed by atoms with Crippen LogP contribution < -0.4 is 16.0 Å². The highest BCUT2D eigenvalue weighted by molar-refractivity contribution is 5.92. The molecule has 1 fully saturated rings. The van der Waals surface area contributed by atoms with Gasteiger partial charge in [0.1, 0.15) is 12.4 Å². The molecule has 3 N–H and O–H groups in total. The van der Waals surface area contributed by atoms with Gasteiger partial charge < -0.3 is 20.3 Å². The van der Waals surface area contributed by atoms with Crippen molar-refractivity contribution in [3.8, 4) is 11.1 Å². The summed E-state index contributed by atoms with van der Waals surface area (Å²) >= 11 is 0. The Morgan fingerprint density at radius 2 is 1.52 bits per heavy atom. The van der Waals surface area contributed by atoms with E-state index >= 15 is 0 Å². The summed E-state index contributed by atoms with van der Waals surface area (Å²) in [6, 6.07) is 24.3. The van der Waals surface area contributed by atoms with Crippen LogP contribution in [0.25, 0.3) is 11.1 Å². The number of aldehydes is 1. The summed E-state index contributed by atoms with van der Waals surface area (Å²) in [6.45, 7) is 2.71. The molecule has 1 aliphatic rings. The molecule has 42 heavy (non-hydrogen) atoms. The van der Waals surface area contributed by atoms with Crippen LogP contribution in [0.4, 0.5) is 16.2 Å². The number of amides is 3. The zero-order chi connectivity index (χ0) is 29.6. The molecule has 1 heterocycles. The van der Waals surface area contributed by atoms with E-state index in [1.165, 1.54) is 0 Å². The van der Waals surface area contributed by atoms with Crippen molar-refractivity contribution in [1.29, 1.82) is 0 Å². The Bertz CT molecular complexity index is 1320. The number of hydrogen-bond donors (Lipinski definition) is 3. The molecule has 1 aliphatic heterocycles. The van der Waals surface area contributed by atoms with Crippen LogP contribution in [0.15, 0.2) is 78.9 Å². The van der Waals surface area contributed by atoms with Gasteiger partial charge in [-0.1, -0.05) is 48.5 Å². The molecule has 0 atom stereocenters. The van der Waals surface area contributed by atoms with Gasteiger partial charge in [-0.2, -0.15) is 0 Å². The Labute approximate surface area is 246 Å². The predicted molar refractivity (Wildman–Crippen MR) is 163 cm³/mol. The second kappa shape index (κ2) is 16.1. The molecule has 3 amide bonds. The van der Waals surface area contributed by atoms with Gasteiger partial charge in [0.05, 0.1) is 5.69 Å². The molecule has 3 aromatic rings. The van der Waals surface area contributed by atoms with Crippen molar-refractivity contribution in [3.63, 3.8) is 0 Å². The van der Waals surface area contributed by atoms with Crippen LogP contribution in [-0.4, -0.2) is 61.4 Å². The fourth-order valence-electron chi connectivity index (χ4n) is 4.86. The first-order chi connectivity index (χ1) is 20.5. The van der Waals surface area contributed by atoms with E-state index in [0.29, 0.717) is 55.7 Å². The topological polar surface area (TPSA) is 117 Å². The second-order valence-corrected chi connectivity index (χ2v) is 10.3. The SMILES string of the molecule is O=Cc1ccc(NC(=O)CCCCNC(=O)CCN2CCC(OC(=O)Nc3ccccc3-c3ccccc3)CC2)cc1. The summed E-state index contributed by atoms with van der Waals surface area (Å²) in [5.74, 6) is -0.105. The molecule has 0 spiro atoms. The smallest absolute Gasteiger partial charge is 0.411 e. The highest BCUT2D eigenvalue weighted by atomic mass is 16.6. The van der Waals surface area contributed by atoms with Crippen LogP contribution >= 0.6 is 0 Å². The number of carbonyl (C=O) groups excluding carboxylic acids is 4. The van der Waals surface area contributed by atoms with Gasteiger partial charge in [-0.3, -0.25) is 19.7 Å². The highest BCUT2D eigenvalue weighted by Gasteiger charge is 2.23. The molecule has 1 saturated heterocycles. The number of unbranched alkanes of at least 4 members (excludes halogenated alkanes) is 1. The third kappa shape index (κ3) is 9.85. The van der Waals surface area contributed by atoms with E-state index in [0.717, 1.165) is 43.3 Å². The van der Waals surface area contributed by atoms with Crippen LogP contribution in [0.2, 0.25) is 0 Å². The number of nitrogens with one attached hydrogen (secondary N) is 3. The lowest BCUT2D eigenvalue weighted by atomic mass is 10.0. The van der Waals surface area contributed by atoms with Crippen LogP contribution in [0.1, 0.15) is 48.9 Å². The number of anilines is 2. The number of carbonyl (C=O) groups is 4. The summed E-state index contributed by atoms with van der Waals surface area (Å²) in [6.07, 6.45) is 3.72. The molecule has 0 aromatic heterocycles. The highest BCUT2D eigenvalue weighted by Crippen LogP contribution is 2.28. The molecule has 9 nitrogen and oxygen atoms in total. The van der Waals surface area contributed by atoms with E-state index in [4.69, 9.17) is 4.74 Å². The summed E-state index contributed by atoms with van der Waals surface area (Å²) in [7, 11) is 0. The number of benzene rings is 3. The summed E-state index contributed by atoms with van der Waals surface area (Å²) in [5.41, 5.74) is 3.88. The second-order valence-electron chi connectivity index (χ2n) is 10.3. The molecule has 0 aliphatic carbocycles. The Morgan fingerprint density at radius 1 is 0.810 bits per heavy atom. The van der Waals surface area contributed by atoms with Gasteiger partial charge in [0.2, 0.25) is 11.8 Å². The maximum atomic E-state index is 12.6. The van der Waals surface area contributed by atoms with E-state index in [1.54, 1.807) is 24.3 Å². The van der Waals surface area contributed by atoms with Crippen LogP contribution in [0.3, 0.4) is 0 Å². The minimum atomic E-state index is -0.457. The van der Waals surface area contributed by atoms with Crippen LogP contribution in [0, 0.1) is 0 Å². The van der Waals surface area contributed by atoms with Crippen molar-refractivity contribution in [2.24, 2.45) is 0 Å². The molecule has 0 saturated carbocycles. The standard InChI is InChI=1S/C33H38N4O5/c38-24-25-13-15-27(16-14-25)35-32(40)12-6-7-20-34-31(39)19-23-37-21-17-28(18-22-37)42-33(41)36-30-11-5-4-10-29(30)26-8-2-1-3-9-26/h1-5,8-11,13-16,24,28H,6-7,12,17-23H2,(H,34,39)(H,35,40)(H,36,41). The van der Waals surface area contributed by atoms with Gasteiger partial charge in [0.15, 0.2) is 0 Å². The van der Waals surface area contributed by atoms with Crippen molar-refractivity contribution in [2.45, 2.75) is 44.6 Å². The molecule has 0 bridgehead atoms. The van der Waals surface area contributed by atoms with E-state index in [1.807, 2.05) is 54.6 Å². The van der Waals surface area contributed by atoms with E-state index < -0.39 is 6.09 Å². The van der Waals surface area contributed by atoms with Crippen molar-refractivity contribution in [2.75, 3.05) is 36.8 Å². The number of likely N-dealkylation sites (tertiary alicyclic amines) is 1. The molecule has 9 heteroatoms. The number of para-hydroxylation sites is 1. The van der Waals surface area contributed by atoms with Crippen molar-refractivity contribution in [1.82, 2.24) is 10.2 Å². The average molecular weight is 571 g/mol. The van der Waals surface area contributed by atoms with Gasteiger partial charge in [-0.15, -0.1) is 0 Å². The van der Waals surface area contributed by atoms with Crippen LogP contribution in [0.5, 0.6) is 0 Å². The number of hydrogen-bond acceptors (Lipinski definition) is 6. The van der Waals surface area contributed by atoms with Gasteiger partial charge in [-0.05, 0) is 61.6 Å².